The Labute approximate surface area is 282 Å². The molecule has 0 saturated carbocycles. The Kier molecular flexibility index (Phi) is 16.4. The third-order valence-corrected chi connectivity index (χ3v) is 7.59. The van der Waals surface area contributed by atoms with E-state index in [9.17, 15) is 43.5 Å². The Morgan fingerprint density at radius 1 is 0.755 bits per heavy atom. The molecule has 0 radical (unpaired) electrons. The molecule has 1 aromatic heterocycles. The van der Waals surface area contributed by atoms with Crippen LogP contribution < -0.4 is 31.9 Å². The van der Waals surface area contributed by atoms with Crippen LogP contribution in [0.5, 0.6) is 0 Å². The van der Waals surface area contributed by atoms with E-state index < -0.39 is 85.0 Å². The van der Waals surface area contributed by atoms with Gasteiger partial charge in [-0.3, -0.25) is 38.4 Å². The van der Waals surface area contributed by atoms with Crippen LogP contribution in [-0.4, -0.2) is 107 Å². The number of benzene rings is 1. The third kappa shape index (κ3) is 13.7. The lowest BCUT2D eigenvalue weighted by molar-refractivity contribution is -0.141. The number of carboxylic acids is 2. The SMILES string of the molecule is CCNCC(=O)N[C@@H](Cc1c[nH]c2ccccc12)C(=O)NCC(=O)N[C@@H](CC(=O)O)C(=O)NCC(=O)N[C@@H](CCC(=O)O)C(=O)C(C)CC. The predicted molar refractivity (Wildman–Crippen MR) is 176 cm³/mol. The zero-order valence-electron chi connectivity index (χ0n) is 27.7. The number of rotatable bonds is 22. The number of carboxylic acid groups (broad SMARTS) is 2. The normalized spacial score (nSPS) is 13.3. The average molecular weight is 688 g/mol. The standard InChI is InChI=1S/C32H45N7O10/c1-4-18(3)30(47)22(10-11-28(43)44)37-26(41)16-36-32(49)24(13-29(45)46)39-27(42)17-35-31(48)23(38-25(40)15-33-5-2)12-19-14-34-21-9-7-6-8-20(19)21/h6-9,14,18,22-24,33-34H,4-5,10-13,15-17H2,1-3H3,(H,35,48)(H,36,49)(H,37,41)(H,38,40)(H,39,42)(H,43,44)(H,45,46)/t18?,22-,23-,24-/m0/s1. The minimum absolute atomic E-state index is 0.0458. The molecule has 0 aliphatic heterocycles. The molecule has 1 heterocycles. The van der Waals surface area contributed by atoms with E-state index in [1.54, 1.807) is 20.0 Å². The van der Waals surface area contributed by atoms with Crippen molar-refractivity contribution < 1.29 is 48.6 Å². The minimum Gasteiger partial charge on any atom is -0.481 e. The van der Waals surface area contributed by atoms with Gasteiger partial charge in [-0.05, 0) is 31.0 Å². The summed E-state index contributed by atoms with van der Waals surface area (Å²) >= 11 is 0. The fourth-order valence-electron chi connectivity index (χ4n) is 4.77. The number of para-hydroxylation sites is 1. The molecule has 5 amide bonds. The molecule has 268 valence electrons. The molecule has 0 spiro atoms. The second kappa shape index (κ2) is 20.1. The highest BCUT2D eigenvalue weighted by Crippen LogP contribution is 2.19. The van der Waals surface area contributed by atoms with E-state index in [0.29, 0.717) is 13.0 Å². The van der Waals surface area contributed by atoms with Crippen LogP contribution in [0.2, 0.25) is 0 Å². The molecule has 0 aliphatic carbocycles. The maximum absolute atomic E-state index is 13.2. The summed E-state index contributed by atoms with van der Waals surface area (Å²) in [7, 11) is 0. The number of carbonyl (C=O) groups is 8. The van der Waals surface area contributed by atoms with Crippen molar-refractivity contribution in [2.24, 2.45) is 5.92 Å². The lowest BCUT2D eigenvalue weighted by atomic mass is 9.94. The lowest BCUT2D eigenvalue weighted by Crippen LogP contribution is -2.54. The fourth-order valence-corrected chi connectivity index (χ4v) is 4.77. The number of H-pyrrole nitrogens is 1. The van der Waals surface area contributed by atoms with E-state index in [-0.39, 0.29) is 31.6 Å². The molecule has 0 aliphatic rings. The highest BCUT2D eigenvalue weighted by atomic mass is 16.4. The summed E-state index contributed by atoms with van der Waals surface area (Å²) in [4.78, 5) is 102. The lowest BCUT2D eigenvalue weighted by Gasteiger charge is -2.21. The first-order valence-electron chi connectivity index (χ1n) is 15.9. The van der Waals surface area contributed by atoms with Crippen molar-refractivity contribution in [1.29, 1.82) is 0 Å². The van der Waals surface area contributed by atoms with Crippen LogP contribution in [0.15, 0.2) is 30.5 Å². The van der Waals surface area contributed by atoms with Crippen LogP contribution in [0.3, 0.4) is 0 Å². The summed E-state index contributed by atoms with van der Waals surface area (Å²) in [6.45, 7) is 4.32. The van der Waals surface area contributed by atoms with Crippen molar-refractivity contribution in [1.82, 2.24) is 36.9 Å². The van der Waals surface area contributed by atoms with E-state index in [1.165, 1.54) is 0 Å². The largest absolute Gasteiger partial charge is 0.481 e. The molecule has 2 aromatic rings. The van der Waals surface area contributed by atoms with E-state index >= 15 is 0 Å². The highest BCUT2D eigenvalue weighted by molar-refractivity contribution is 5.96. The van der Waals surface area contributed by atoms with Gasteiger partial charge in [-0.1, -0.05) is 39.0 Å². The molecular weight excluding hydrogens is 642 g/mol. The number of likely N-dealkylation sites (N-methyl/N-ethyl adjacent to an activating group) is 1. The topological polar surface area (TPSA) is 265 Å². The summed E-state index contributed by atoms with van der Waals surface area (Å²) in [6.07, 6.45) is 0.857. The number of aromatic amines is 1. The first kappa shape index (κ1) is 39.9. The quantitative estimate of drug-likeness (QED) is 0.0722. The Hall–Kier alpha value is -5.32. The van der Waals surface area contributed by atoms with Gasteiger partial charge < -0.3 is 47.1 Å². The molecule has 1 aromatic carbocycles. The minimum atomic E-state index is -1.64. The molecule has 17 heteroatoms. The summed E-state index contributed by atoms with van der Waals surface area (Å²) in [5.41, 5.74) is 1.57. The van der Waals surface area contributed by atoms with Gasteiger partial charge in [0.1, 0.15) is 12.1 Å². The van der Waals surface area contributed by atoms with Crippen LogP contribution in [0.25, 0.3) is 10.9 Å². The van der Waals surface area contributed by atoms with Gasteiger partial charge in [0.15, 0.2) is 5.78 Å². The average Bonchev–Trinajstić information content (AvgIpc) is 3.47. The first-order valence-corrected chi connectivity index (χ1v) is 15.9. The maximum atomic E-state index is 13.2. The number of ketones is 1. The van der Waals surface area contributed by atoms with Crippen LogP contribution in [0.1, 0.15) is 52.0 Å². The van der Waals surface area contributed by atoms with E-state index in [0.717, 1.165) is 16.5 Å². The van der Waals surface area contributed by atoms with Gasteiger partial charge in [-0.15, -0.1) is 0 Å². The van der Waals surface area contributed by atoms with E-state index in [1.807, 2.05) is 31.2 Å². The number of fused-ring (bicyclic) bond motifs is 1. The molecule has 1 unspecified atom stereocenters. The van der Waals surface area contributed by atoms with Gasteiger partial charge in [-0.2, -0.15) is 0 Å². The van der Waals surface area contributed by atoms with Gasteiger partial charge in [0.2, 0.25) is 29.5 Å². The Morgan fingerprint density at radius 2 is 1.33 bits per heavy atom. The van der Waals surface area contributed by atoms with Crippen LogP contribution in [-0.2, 0) is 44.8 Å². The Balaban J connectivity index is 2.03. The van der Waals surface area contributed by atoms with Crippen molar-refractivity contribution >= 4 is 58.2 Å². The van der Waals surface area contributed by atoms with Crippen LogP contribution in [0, 0.1) is 5.92 Å². The summed E-state index contributed by atoms with van der Waals surface area (Å²) in [6, 6.07) is 3.54. The molecular formula is C32H45N7O10. The van der Waals surface area contributed by atoms with Gasteiger partial charge in [-0.25, -0.2) is 0 Å². The van der Waals surface area contributed by atoms with Crippen molar-refractivity contribution in [3.8, 4) is 0 Å². The molecule has 0 fully saturated rings. The van der Waals surface area contributed by atoms with Crippen molar-refractivity contribution in [3.63, 3.8) is 0 Å². The van der Waals surface area contributed by atoms with E-state index in [4.69, 9.17) is 5.11 Å². The van der Waals surface area contributed by atoms with Crippen molar-refractivity contribution in [2.75, 3.05) is 26.2 Å². The monoisotopic (exact) mass is 687 g/mol. The number of hydrogen-bond acceptors (Lipinski definition) is 9. The number of aromatic nitrogens is 1. The molecule has 49 heavy (non-hydrogen) atoms. The molecule has 2 rings (SSSR count). The second-order valence-electron chi connectivity index (χ2n) is 11.4. The van der Waals surface area contributed by atoms with Gasteiger partial charge in [0.25, 0.3) is 0 Å². The maximum Gasteiger partial charge on any atom is 0.305 e. The number of carbonyl (C=O) groups excluding carboxylic acids is 6. The molecule has 4 atom stereocenters. The number of nitrogens with one attached hydrogen (secondary N) is 7. The third-order valence-electron chi connectivity index (χ3n) is 7.59. The van der Waals surface area contributed by atoms with Crippen molar-refractivity contribution in [2.45, 2.75) is 71.0 Å². The smallest absolute Gasteiger partial charge is 0.305 e. The van der Waals surface area contributed by atoms with E-state index in [2.05, 4.69) is 36.9 Å². The number of amides is 5. The zero-order valence-corrected chi connectivity index (χ0v) is 27.7. The highest BCUT2D eigenvalue weighted by Gasteiger charge is 2.28. The molecule has 0 saturated heterocycles. The Bertz CT molecular complexity index is 1510. The first-order chi connectivity index (χ1) is 23.2. The molecule has 9 N–H and O–H groups in total. The van der Waals surface area contributed by atoms with Gasteiger partial charge in [0, 0.05) is 35.9 Å². The number of hydrogen-bond donors (Lipinski definition) is 9. The number of aliphatic carboxylic acids is 2. The molecule has 17 nitrogen and oxygen atoms in total. The summed E-state index contributed by atoms with van der Waals surface area (Å²) in [5, 5.41) is 33.9. The Morgan fingerprint density at radius 3 is 1.92 bits per heavy atom. The fraction of sp³-hybridized carbons (Fsp3) is 0.500. The van der Waals surface area contributed by atoms with Crippen LogP contribution >= 0.6 is 0 Å². The predicted octanol–water partition coefficient (Wildman–Crippen LogP) is -1.04. The van der Waals surface area contributed by atoms with Crippen LogP contribution in [0.4, 0.5) is 0 Å². The van der Waals surface area contributed by atoms with Gasteiger partial charge in [0.05, 0.1) is 32.1 Å². The second-order valence-corrected chi connectivity index (χ2v) is 11.4. The summed E-state index contributed by atoms with van der Waals surface area (Å²) in [5.74, 6) is -7.36. The van der Waals surface area contributed by atoms with Gasteiger partial charge >= 0.3 is 11.9 Å². The zero-order chi connectivity index (χ0) is 36.5. The number of Topliss-reactive ketones (excluding diaryl/α,β-unsaturated/α-hetero) is 1. The van der Waals surface area contributed by atoms with Crippen molar-refractivity contribution in [3.05, 3.63) is 36.0 Å². The molecule has 0 bridgehead atoms. The summed E-state index contributed by atoms with van der Waals surface area (Å²) < 4.78 is 0.